The summed E-state index contributed by atoms with van der Waals surface area (Å²) in [4.78, 5) is 3.09. The third-order valence-electron chi connectivity index (χ3n) is 2.74. The van der Waals surface area contributed by atoms with E-state index in [4.69, 9.17) is 21.5 Å². The summed E-state index contributed by atoms with van der Waals surface area (Å²) in [6.45, 7) is 0. The van der Waals surface area contributed by atoms with Crippen molar-refractivity contribution in [2.24, 2.45) is 5.14 Å². The Bertz CT molecular complexity index is 945. The molecule has 23 heavy (non-hydrogen) atoms. The lowest BCUT2D eigenvalue weighted by Gasteiger charge is -2.12. The zero-order valence-corrected chi connectivity index (χ0v) is 14.1. The normalized spacial score (nSPS) is 12.0. The molecule has 0 saturated carbocycles. The standard InChI is InChI=1S/C12H12ClN3O5S2/c1-21-9-5-4-8(7-11(9)22(14,17)18)16-23(19,20)10-3-2-6-15-12(10)13/h2-7,16H,1H3,(H2,14,17,18). The lowest BCUT2D eigenvalue weighted by atomic mass is 10.3. The predicted octanol–water partition coefficient (Wildman–Crippen LogP) is 1.19. The summed E-state index contributed by atoms with van der Waals surface area (Å²) in [7, 11) is -6.87. The molecule has 0 atom stereocenters. The van der Waals surface area contributed by atoms with Gasteiger partial charge in [0.25, 0.3) is 10.0 Å². The van der Waals surface area contributed by atoms with Crippen LogP contribution in [0.15, 0.2) is 46.3 Å². The Morgan fingerprint density at radius 2 is 1.87 bits per heavy atom. The van der Waals surface area contributed by atoms with E-state index in [0.29, 0.717) is 0 Å². The number of primary sulfonamides is 1. The summed E-state index contributed by atoms with van der Waals surface area (Å²) in [5.41, 5.74) is -0.0188. The lowest BCUT2D eigenvalue weighted by Crippen LogP contribution is -2.16. The summed E-state index contributed by atoms with van der Waals surface area (Å²) >= 11 is 5.76. The summed E-state index contributed by atoms with van der Waals surface area (Å²) < 4.78 is 54.8. The highest BCUT2D eigenvalue weighted by atomic mass is 35.5. The van der Waals surface area contributed by atoms with Crippen LogP contribution in [-0.4, -0.2) is 28.9 Å². The number of ether oxygens (including phenoxy) is 1. The first kappa shape index (κ1) is 17.5. The molecule has 8 nitrogen and oxygen atoms in total. The van der Waals surface area contributed by atoms with E-state index in [2.05, 4.69) is 9.71 Å². The molecule has 11 heteroatoms. The first-order valence-electron chi connectivity index (χ1n) is 5.99. The number of anilines is 1. The molecule has 2 aromatic rings. The Morgan fingerprint density at radius 3 is 2.43 bits per heavy atom. The van der Waals surface area contributed by atoms with Crippen LogP contribution in [0.5, 0.6) is 5.75 Å². The lowest BCUT2D eigenvalue weighted by molar-refractivity contribution is 0.403. The Morgan fingerprint density at radius 1 is 1.17 bits per heavy atom. The Kier molecular flexibility index (Phi) is 4.80. The van der Waals surface area contributed by atoms with Gasteiger partial charge >= 0.3 is 0 Å². The topological polar surface area (TPSA) is 128 Å². The average molecular weight is 378 g/mol. The van der Waals surface area contributed by atoms with Crippen LogP contribution in [-0.2, 0) is 20.0 Å². The van der Waals surface area contributed by atoms with Crippen molar-refractivity contribution in [3.63, 3.8) is 0 Å². The molecule has 0 amide bonds. The van der Waals surface area contributed by atoms with Gasteiger partial charge in [0.1, 0.15) is 20.7 Å². The van der Waals surface area contributed by atoms with Crippen molar-refractivity contribution in [3.8, 4) is 5.75 Å². The maximum absolute atomic E-state index is 12.3. The van der Waals surface area contributed by atoms with Crippen LogP contribution in [0.4, 0.5) is 5.69 Å². The second kappa shape index (κ2) is 6.32. The SMILES string of the molecule is COc1ccc(NS(=O)(=O)c2cccnc2Cl)cc1S(N)(=O)=O. The van der Waals surface area contributed by atoms with Crippen molar-refractivity contribution in [1.29, 1.82) is 0 Å². The number of rotatable bonds is 5. The van der Waals surface area contributed by atoms with Gasteiger partial charge in [-0.1, -0.05) is 11.6 Å². The number of benzene rings is 1. The van der Waals surface area contributed by atoms with Crippen molar-refractivity contribution in [2.75, 3.05) is 11.8 Å². The van der Waals surface area contributed by atoms with Crippen molar-refractivity contribution in [1.82, 2.24) is 4.98 Å². The molecule has 1 aromatic heterocycles. The highest BCUT2D eigenvalue weighted by Crippen LogP contribution is 2.28. The van der Waals surface area contributed by atoms with E-state index in [1.165, 1.54) is 37.6 Å². The minimum absolute atomic E-state index is 0.00476. The quantitative estimate of drug-likeness (QED) is 0.753. The number of hydrogen-bond donors (Lipinski definition) is 2. The van der Waals surface area contributed by atoms with Gasteiger partial charge in [-0.15, -0.1) is 0 Å². The van der Waals surface area contributed by atoms with Crippen molar-refractivity contribution in [3.05, 3.63) is 41.7 Å². The van der Waals surface area contributed by atoms with Crippen LogP contribution in [0.3, 0.4) is 0 Å². The summed E-state index contributed by atoms with van der Waals surface area (Å²) in [5, 5.41) is 4.88. The maximum Gasteiger partial charge on any atom is 0.264 e. The van der Waals surface area contributed by atoms with Gasteiger partial charge in [-0.25, -0.2) is 27.0 Å². The number of halogens is 1. The van der Waals surface area contributed by atoms with Crippen LogP contribution in [0, 0.1) is 0 Å². The molecule has 0 aliphatic rings. The fourth-order valence-corrected chi connectivity index (χ4v) is 3.97. The molecule has 0 saturated heterocycles. The van der Waals surface area contributed by atoms with E-state index >= 15 is 0 Å². The fraction of sp³-hybridized carbons (Fsp3) is 0.0833. The van der Waals surface area contributed by atoms with Gasteiger partial charge in [-0.3, -0.25) is 4.72 Å². The molecule has 0 fully saturated rings. The molecule has 0 radical (unpaired) electrons. The van der Waals surface area contributed by atoms with Crippen LogP contribution >= 0.6 is 11.6 Å². The summed E-state index contributed by atoms with van der Waals surface area (Å²) in [6, 6.07) is 6.33. The molecular weight excluding hydrogens is 366 g/mol. The third kappa shape index (κ3) is 3.91. The highest BCUT2D eigenvalue weighted by molar-refractivity contribution is 7.92. The Balaban J connectivity index is 2.47. The molecule has 0 aliphatic heterocycles. The van der Waals surface area contributed by atoms with E-state index in [1.807, 2.05) is 0 Å². The van der Waals surface area contributed by atoms with Crippen molar-refractivity contribution < 1.29 is 21.6 Å². The molecule has 0 unspecified atom stereocenters. The van der Waals surface area contributed by atoms with E-state index in [9.17, 15) is 16.8 Å². The summed E-state index contributed by atoms with van der Waals surface area (Å²) in [5.74, 6) is -0.00476. The fourth-order valence-electron chi connectivity index (χ4n) is 1.74. The second-order valence-corrected chi connectivity index (χ2v) is 7.85. The van der Waals surface area contributed by atoms with Gasteiger partial charge in [0.2, 0.25) is 10.0 Å². The van der Waals surface area contributed by atoms with Gasteiger partial charge in [0.05, 0.1) is 12.8 Å². The number of aromatic nitrogens is 1. The molecule has 0 spiro atoms. The molecule has 2 rings (SSSR count). The maximum atomic E-state index is 12.3. The van der Waals surface area contributed by atoms with E-state index in [1.54, 1.807) is 0 Å². The van der Waals surface area contributed by atoms with E-state index < -0.39 is 20.0 Å². The number of hydrogen-bond acceptors (Lipinski definition) is 6. The van der Waals surface area contributed by atoms with Gasteiger partial charge in [-0.05, 0) is 30.3 Å². The second-order valence-electron chi connectivity index (χ2n) is 4.31. The van der Waals surface area contributed by atoms with Crippen molar-refractivity contribution in [2.45, 2.75) is 9.79 Å². The molecule has 1 aromatic carbocycles. The van der Waals surface area contributed by atoms with Gasteiger partial charge in [-0.2, -0.15) is 0 Å². The minimum Gasteiger partial charge on any atom is -0.495 e. The molecule has 1 heterocycles. The number of methoxy groups -OCH3 is 1. The monoisotopic (exact) mass is 377 g/mol. The van der Waals surface area contributed by atoms with Crippen LogP contribution < -0.4 is 14.6 Å². The molecule has 0 bridgehead atoms. The average Bonchev–Trinajstić information content (AvgIpc) is 2.46. The molecule has 3 N–H and O–H groups in total. The first-order valence-corrected chi connectivity index (χ1v) is 9.40. The Labute approximate surface area is 138 Å². The zero-order chi connectivity index (χ0) is 17.3. The van der Waals surface area contributed by atoms with Gasteiger partial charge < -0.3 is 4.74 Å². The number of sulfonamides is 2. The molecule has 124 valence electrons. The number of nitrogens with zero attached hydrogens (tertiary/aromatic N) is 1. The van der Waals surface area contributed by atoms with Gasteiger partial charge in [0.15, 0.2) is 0 Å². The Hall–Kier alpha value is -1.88. The van der Waals surface area contributed by atoms with E-state index in [0.717, 1.165) is 6.07 Å². The first-order chi connectivity index (χ1) is 10.6. The summed E-state index contributed by atoms with van der Waals surface area (Å²) in [6.07, 6.45) is 1.34. The molecular formula is C12H12ClN3O5S2. The number of nitrogens with two attached hydrogens (primary N) is 1. The largest absolute Gasteiger partial charge is 0.495 e. The van der Waals surface area contributed by atoms with E-state index in [-0.39, 0.29) is 26.4 Å². The van der Waals surface area contributed by atoms with Crippen LogP contribution in [0.1, 0.15) is 0 Å². The zero-order valence-electron chi connectivity index (χ0n) is 11.7. The minimum atomic E-state index is -4.09. The predicted molar refractivity (Wildman–Crippen MR) is 84.4 cm³/mol. The smallest absolute Gasteiger partial charge is 0.264 e. The van der Waals surface area contributed by atoms with Gasteiger partial charge in [0, 0.05) is 6.20 Å². The van der Waals surface area contributed by atoms with Crippen LogP contribution in [0.25, 0.3) is 0 Å². The molecule has 0 aliphatic carbocycles. The number of nitrogens with one attached hydrogen (secondary N) is 1. The third-order valence-corrected chi connectivity index (χ3v) is 5.49. The highest BCUT2D eigenvalue weighted by Gasteiger charge is 2.21. The number of pyridine rings is 1. The van der Waals surface area contributed by atoms with Crippen molar-refractivity contribution >= 4 is 37.3 Å². The van der Waals surface area contributed by atoms with Crippen LogP contribution in [0.2, 0.25) is 5.15 Å².